The molecule has 0 aliphatic carbocycles. The van der Waals surface area contributed by atoms with E-state index in [4.69, 9.17) is 9.47 Å². The van der Waals surface area contributed by atoms with Crippen molar-refractivity contribution in [3.8, 4) is 11.5 Å². The first-order chi connectivity index (χ1) is 14.9. The maximum Gasteiger partial charge on any atom is 0.332 e. The average molecular weight is 426 g/mol. The molecule has 3 rings (SSSR count). The summed E-state index contributed by atoms with van der Waals surface area (Å²) >= 11 is 0. The fraction of sp³-hybridized carbons (Fsp3) is 0.364. The number of benzene rings is 1. The van der Waals surface area contributed by atoms with Crippen molar-refractivity contribution < 1.29 is 14.3 Å². The fourth-order valence-corrected chi connectivity index (χ4v) is 3.14. The lowest BCUT2D eigenvalue weighted by Crippen LogP contribution is -2.37. The van der Waals surface area contributed by atoms with Gasteiger partial charge < -0.3 is 14.8 Å². The summed E-state index contributed by atoms with van der Waals surface area (Å²) in [5, 5.41) is 3.01. The molecule has 3 aromatic rings. The second kappa shape index (κ2) is 9.46. The zero-order valence-corrected chi connectivity index (χ0v) is 18.1. The van der Waals surface area contributed by atoms with Crippen LogP contribution >= 0.6 is 0 Å². The Hall–Kier alpha value is -3.62. The molecular weight excluding hydrogens is 400 g/mol. The summed E-state index contributed by atoms with van der Waals surface area (Å²) in [5.74, 6) is 0.874. The highest BCUT2D eigenvalue weighted by atomic mass is 16.5. The van der Waals surface area contributed by atoms with Crippen LogP contribution < -0.4 is 26.0 Å². The highest BCUT2D eigenvalue weighted by Gasteiger charge is 2.14. The second-order valence-corrected chi connectivity index (χ2v) is 7.17. The number of nitrogens with one attached hydrogen (secondary N) is 1. The Bertz CT molecular complexity index is 1230. The topological polar surface area (TPSA) is 104 Å². The van der Waals surface area contributed by atoms with Crippen molar-refractivity contribution in [2.45, 2.75) is 26.3 Å². The van der Waals surface area contributed by atoms with Crippen molar-refractivity contribution in [2.24, 2.45) is 14.1 Å². The van der Waals surface area contributed by atoms with E-state index in [2.05, 4.69) is 17.2 Å². The van der Waals surface area contributed by atoms with Crippen molar-refractivity contribution in [2.75, 3.05) is 13.7 Å². The van der Waals surface area contributed by atoms with Crippen LogP contribution in [0.4, 0.5) is 0 Å². The lowest BCUT2D eigenvalue weighted by Gasteiger charge is -2.13. The lowest BCUT2D eigenvalue weighted by atomic mass is 10.1. The summed E-state index contributed by atoms with van der Waals surface area (Å²) < 4.78 is 13.4. The van der Waals surface area contributed by atoms with Crippen molar-refractivity contribution in [1.82, 2.24) is 19.4 Å². The first kappa shape index (κ1) is 22.1. The molecule has 0 fully saturated rings. The van der Waals surface area contributed by atoms with Crippen molar-refractivity contribution >= 4 is 16.9 Å². The van der Waals surface area contributed by atoms with E-state index in [0.717, 1.165) is 23.0 Å². The third-order valence-corrected chi connectivity index (χ3v) is 4.99. The largest absolute Gasteiger partial charge is 0.493 e. The number of carbonyl (C=O) groups is 1. The molecule has 9 nitrogen and oxygen atoms in total. The molecule has 0 atom stereocenters. The van der Waals surface area contributed by atoms with Gasteiger partial charge in [-0.05, 0) is 30.2 Å². The monoisotopic (exact) mass is 426 g/mol. The number of rotatable bonds is 8. The van der Waals surface area contributed by atoms with Gasteiger partial charge >= 0.3 is 5.69 Å². The van der Waals surface area contributed by atoms with E-state index in [1.807, 2.05) is 18.2 Å². The number of nitrogens with zero attached hydrogens (tertiary/aromatic N) is 3. The highest BCUT2D eigenvalue weighted by Crippen LogP contribution is 2.28. The highest BCUT2D eigenvalue weighted by molar-refractivity contribution is 5.96. The van der Waals surface area contributed by atoms with Gasteiger partial charge in [0.15, 0.2) is 11.5 Å². The lowest BCUT2D eigenvalue weighted by molar-refractivity contribution is 0.0950. The van der Waals surface area contributed by atoms with E-state index in [9.17, 15) is 14.4 Å². The zero-order chi connectivity index (χ0) is 22.5. The van der Waals surface area contributed by atoms with Gasteiger partial charge in [-0.25, -0.2) is 9.78 Å². The minimum Gasteiger partial charge on any atom is -0.493 e. The number of unbranched alkanes of at least 4 members (excludes halogenated alkanes) is 1. The number of ether oxygens (including phenoxy) is 2. The minimum atomic E-state index is -0.497. The number of aryl methyl sites for hydroxylation is 1. The Morgan fingerprint density at radius 2 is 1.90 bits per heavy atom. The molecule has 9 heteroatoms. The van der Waals surface area contributed by atoms with Gasteiger partial charge in [0.2, 0.25) is 0 Å². The molecule has 2 aromatic heterocycles. The molecule has 1 amide bonds. The quantitative estimate of drug-likeness (QED) is 0.551. The van der Waals surface area contributed by atoms with Crippen LogP contribution in [0.5, 0.6) is 11.5 Å². The van der Waals surface area contributed by atoms with E-state index in [0.29, 0.717) is 18.1 Å². The van der Waals surface area contributed by atoms with E-state index in [1.54, 1.807) is 7.11 Å². The van der Waals surface area contributed by atoms with Crippen LogP contribution in [0.2, 0.25) is 0 Å². The number of fused-ring (bicyclic) bond motifs is 1. The SMILES string of the molecule is CCCCOc1ccc(CNC(=O)c2cnc3c(c2)c(=O)n(C)c(=O)n3C)cc1OC. The molecule has 31 heavy (non-hydrogen) atoms. The van der Waals surface area contributed by atoms with Crippen molar-refractivity contribution in [3.05, 3.63) is 62.4 Å². The van der Waals surface area contributed by atoms with Crippen LogP contribution in [-0.4, -0.2) is 33.7 Å². The Labute approximate surface area is 179 Å². The Kier molecular flexibility index (Phi) is 6.74. The Morgan fingerprint density at radius 3 is 2.61 bits per heavy atom. The molecule has 0 saturated heterocycles. The van der Waals surface area contributed by atoms with E-state index in [-0.39, 0.29) is 29.0 Å². The predicted octanol–water partition coefficient (Wildman–Crippen LogP) is 1.75. The maximum absolute atomic E-state index is 12.6. The number of carbonyl (C=O) groups excluding carboxylic acids is 1. The summed E-state index contributed by atoms with van der Waals surface area (Å²) in [6.07, 6.45) is 3.35. The second-order valence-electron chi connectivity index (χ2n) is 7.17. The van der Waals surface area contributed by atoms with Crippen LogP contribution in [0.3, 0.4) is 0 Å². The first-order valence-corrected chi connectivity index (χ1v) is 10.0. The number of pyridine rings is 1. The third kappa shape index (κ3) is 4.60. The third-order valence-electron chi connectivity index (χ3n) is 4.99. The van der Waals surface area contributed by atoms with Gasteiger partial charge in [-0.15, -0.1) is 0 Å². The van der Waals surface area contributed by atoms with Crippen molar-refractivity contribution in [3.63, 3.8) is 0 Å². The molecule has 1 N–H and O–H groups in total. The summed E-state index contributed by atoms with van der Waals surface area (Å²) in [7, 11) is 4.48. The smallest absolute Gasteiger partial charge is 0.332 e. The van der Waals surface area contributed by atoms with Crippen LogP contribution in [0.1, 0.15) is 35.7 Å². The zero-order valence-electron chi connectivity index (χ0n) is 18.1. The van der Waals surface area contributed by atoms with E-state index >= 15 is 0 Å². The number of hydrogen-bond donors (Lipinski definition) is 1. The Balaban J connectivity index is 1.77. The van der Waals surface area contributed by atoms with Crippen molar-refractivity contribution in [1.29, 1.82) is 0 Å². The van der Waals surface area contributed by atoms with Gasteiger partial charge in [0.25, 0.3) is 11.5 Å². The number of amides is 1. The molecule has 0 radical (unpaired) electrons. The number of aromatic nitrogens is 3. The summed E-state index contributed by atoms with van der Waals surface area (Å²) in [6, 6.07) is 6.93. The van der Waals surface area contributed by atoms with Gasteiger partial charge in [0.1, 0.15) is 5.65 Å². The Morgan fingerprint density at radius 1 is 1.13 bits per heavy atom. The van der Waals surface area contributed by atoms with E-state index < -0.39 is 11.2 Å². The van der Waals surface area contributed by atoms with Crippen LogP contribution in [0.15, 0.2) is 40.1 Å². The standard InChI is InChI=1S/C22H26N4O5/c1-5-6-9-31-17-8-7-14(10-18(17)30-4)12-24-20(27)15-11-16-19(23-13-15)25(2)22(29)26(3)21(16)28/h7-8,10-11,13H,5-6,9,12H2,1-4H3,(H,24,27). The van der Waals surface area contributed by atoms with Gasteiger partial charge in [-0.1, -0.05) is 19.4 Å². The normalized spacial score (nSPS) is 10.8. The molecule has 0 aliphatic heterocycles. The molecule has 0 bridgehead atoms. The molecule has 2 heterocycles. The summed E-state index contributed by atoms with van der Waals surface area (Å²) in [4.78, 5) is 41.2. The summed E-state index contributed by atoms with van der Waals surface area (Å²) in [6.45, 7) is 2.97. The van der Waals surface area contributed by atoms with Crippen LogP contribution in [-0.2, 0) is 20.6 Å². The maximum atomic E-state index is 12.6. The predicted molar refractivity (Wildman–Crippen MR) is 117 cm³/mol. The van der Waals surface area contributed by atoms with Gasteiger partial charge in [-0.2, -0.15) is 0 Å². The average Bonchev–Trinajstić information content (AvgIpc) is 2.80. The minimum absolute atomic E-state index is 0.201. The van der Waals surface area contributed by atoms with Crippen LogP contribution in [0, 0.1) is 0 Å². The van der Waals surface area contributed by atoms with Gasteiger partial charge in [-0.3, -0.25) is 18.7 Å². The molecule has 0 unspecified atom stereocenters. The molecular formula is C22H26N4O5. The van der Waals surface area contributed by atoms with Crippen LogP contribution in [0.25, 0.3) is 11.0 Å². The first-order valence-electron chi connectivity index (χ1n) is 10.0. The molecule has 164 valence electrons. The molecule has 1 aromatic carbocycles. The van der Waals surface area contributed by atoms with Gasteiger partial charge in [0.05, 0.1) is 24.7 Å². The molecule has 0 spiro atoms. The number of methoxy groups -OCH3 is 1. The van der Waals surface area contributed by atoms with Gasteiger partial charge in [0, 0.05) is 26.8 Å². The number of hydrogen-bond acceptors (Lipinski definition) is 6. The van der Waals surface area contributed by atoms with E-state index in [1.165, 1.54) is 30.9 Å². The molecule has 0 aliphatic rings. The molecule has 0 saturated carbocycles. The fourth-order valence-electron chi connectivity index (χ4n) is 3.14. The summed E-state index contributed by atoms with van der Waals surface area (Å²) in [5.41, 5.74) is 0.324.